The van der Waals surface area contributed by atoms with Gasteiger partial charge >= 0.3 is 0 Å². The number of anilines is 2. The first-order valence-electron chi connectivity index (χ1n) is 11.0. The third kappa shape index (κ3) is 4.71. The third-order valence-corrected chi connectivity index (χ3v) is 8.20. The van der Waals surface area contributed by atoms with Crippen molar-refractivity contribution in [1.29, 1.82) is 0 Å². The molecule has 5 rings (SSSR count). The number of nitrogens with one attached hydrogen (secondary N) is 2. The predicted molar refractivity (Wildman–Crippen MR) is 133 cm³/mol. The highest BCUT2D eigenvalue weighted by Gasteiger charge is 2.27. The molecule has 0 spiro atoms. The molecule has 12 heteroatoms. The molecule has 0 radical (unpaired) electrons. The van der Waals surface area contributed by atoms with Crippen molar-refractivity contribution in [1.82, 2.24) is 19.2 Å². The lowest BCUT2D eigenvalue weighted by Crippen LogP contribution is -2.40. The number of benzene rings is 2. The SMILES string of the molecule is C[C@H](C(=O)NC1CCN(c2ccc(S(=O)(=O)Nc3ncns3)cc2)C1)n1ccc2c(F)cccc21. The number of sulfonamides is 1. The average Bonchev–Trinajstić information content (AvgIpc) is 3.60. The summed E-state index contributed by atoms with van der Waals surface area (Å²) in [6.07, 6.45) is 3.78. The van der Waals surface area contributed by atoms with E-state index in [4.69, 9.17) is 0 Å². The van der Waals surface area contributed by atoms with Crippen LogP contribution in [0.15, 0.2) is 66.0 Å². The summed E-state index contributed by atoms with van der Waals surface area (Å²) in [5, 5.41) is 3.79. The molecule has 1 fully saturated rings. The summed E-state index contributed by atoms with van der Waals surface area (Å²) in [4.78, 5) is 19.0. The Hall–Kier alpha value is -3.51. The number of aromatic nitrogens is 3. The van der Waals surface area contributed by atoms with Gasteiger partial charge in [0.25, 0.3) is 10.0 Å². The van der Waals surface area contributed by atoms with Gasteiger partial charge in [0.15, 0.2) is 0 Å². The second kappa shape index (κ2) is 9.27. The van der Waals surface area contributed by atoms with Crippen LogP contribution in [0.5, 0.6) is 0 Å². The molecule has 9 nitrogen and oxygen atoms in total. The average molecular weight is 515 g/mol. The number of amides is 1. The molecular weight excluding hydrogens is 491 g/mol. The van der Waals surface area contributed by atoms with Crippen molar-refractivity contribution in [2.24, 2.45) is 0 Å². The van der Waals surface area contributed by atoms with Crippen molar-refractivity contribution >= 4 is 49.2 Å². The molecule has 3 heterocycles. The van der Waals surface area contributed by atoms with Crippen LogP contribution in [0, 0.1) is 5.82 Å². The topological polar surface area (TPSA) is 109 Å². The Bertz CT molecular complexity index is 1450. The van der Waals surface area contributed by atoms with Crippen molar-refractivity contribution in [3.63, 3.8) is 0 Å². The fourth-order valence-electron chi connectivity index (χ4n) is 4.28. The highest BCUT2D eigenvalue weighted by Crippen LogP contribution is 2.25. The lowest BCUT2D eigenvalue weighted by Gasteiger charge is -2.21. The van der Waals surface area contributed by atoms with Crippen molar-refractivity contribution in [2.75, 3.05) is 22.7 Å². The number of hydrogen-bond acceptors (Lipinski definition) is 7. The summed E-state index contributed by atoms with van der Waals surface area (Å²) in [7, 11) is -3.74. The van der Waals surface area contributed by atoms with E-state index in [1.165, 1.54) is 12.4 Å². The molecule has 1 aliphatic rings. The Morgan fingerprint density at radius 3 is 2.74 bits per heavy atom. The predicted octanol–water partition coefficient (Wildman–Crippen LogP) is 3.39. The molecule has 0 bridgehead atoms. The van der Waals surface area contributed by atoms with Crippen LogP contribution in [0.2, 0.25) is 0 Å². The number of halogens is 1. The molecule has 0 saturated carbocycles. The quantitative estimate of drug-likeness (QED) is 0.391. The van der Waals surface area contributed by atoms with Gasteiger partial charge in [-0.25, -0.2) is 17.8 Å². The van der Waals surface area contributed by atoms with Gasteiger partial charge in [0.1, 0.15) is 18.2 Å². The second-order valence-electron chi connectivity index (χ2n) is 8.36. The third-order valence-electron chi connectivity index (χ3n) is 6.14. The van der Waals surface area contributed by atoms with Crippen molar-refractivity contribution in [3.8, 4) is 0 Å². The molecule has 0 aliphatic carbocycles. The Labute approximate surface area is 205 Å². The minimum Gasteiger partial charge on any atom is -0.369 e. The molecule has 35 heavy (non-hydrogen) atoms. The minimum absolute atomic E-state index is 0.0500. The van der Waals surface area contributed by atoms with E-state index in [-0.39, 0.29) is 27.8 Å². The number of carbonyl (C=O) groups is 1. The van der Waals surface area contributed by atoms with Crippen molar-refractivity contribution in [2.45, 2.75) is 30.3 Å². The minimum atomic E-state index is -3.74. The van der Waals surface area contributed by atoms with E-state index < -0.39 is 16.1 Å². The van der Waals surface area contributed by atoms with E-state index >= 15 is 0 Å². The maximum Gasteiger partial charge on any atom is 0.263 e. The van der Waals surface area contributed by atoms with E-state index in [2.05, 4.69) is 24.3 Å². The zero-order valence-electron chi connectivity index (χ0n) is 18.8. The van der Waals surface area contributed by atoms with Crippen molar-refractivity contribution in [3.05, 3.63) is 66.9 Å². The number of rotatable bonds is 7. The fraction of sp³-hybridized carbons (Fsp3) is 0.261. The summed E-state index contributed by atoms with van der Waals surface area (Å²) >= 11 is 0.963. The molecule has 2 N–H and O–H groups in total. The van der Waals surface area contributed by atoms with Crippen LogP contribution in [0.25, 0.3) is 10.9 Å². The van der Waals surface area contributed by atoms with Crippen LogP contribution in [0.4, 0.5) is 15.2 Å². The highest BCUT2D eigenvalue weighted by atomic mass is 32.2. The standard InChI is InChI=1S/C23H23FN6O3S2/c1-15(30-12-10-19-20(24)3-2-4-21(19)30)22(31)27-16-9-11-29(13-16)17-5-7-18(8-6-17)35(32,33)28-23-25-14-26-34-23/h2-8,10,12,14-16H,9,11,13H2,1H3,(H,27,31)(H,25,26,28)/t15-,16?/m1/s1. The van der Waals surface area contributed by atoms with E-state index in [9.17, 15) is 17.6 Å². The summed E-state index contributed by atoms with van der Waals surface area (Å²) in [5.74, 6) is -0.446. The van der Waals surface area contributed by atoms with Gasteiger partial charge in [0, 0.05) is 47.9 Å². The first-order chi connectivity index (χ1) is 16.8. The molecule has 182 valence electrons. The van der Waals surface area contributed by atoms with Gasteiger partial charge in [0.2, 0.25) is 11.0 Å². The molecule has 2 atom stereocenters. The van der Waals surface area contributed by atoms with Crippen LogP contribution in [0.3, 0.4) is 0 Å². The fourth-order valence-corrected chi connectivity index (χ4v) is 5.94. The zero-order valence-corrected chi connectivity index (χ0v) is 20.4. The van der Waals surface area contributed by atoms with E-state index in [1.54, 1.807) is 60.2 Å². The zero-order chi connectivity index (χ0) is 24.6. The normalized spacial score (nSPS) is 17.0. The number of hydrogen-bond donors (Lipinski definition) is 2. The summed E-state index contributed by atoms with van der Waals surface area (Å²) in [5.41, 5.74) is 1.55. The van der Waals surface area contributed by atoms with Crippen LogP contribution in [-0.4, -0.2) is 47.4 Å². The van der Waals surface area contributed by atoms with Gasteiger partial charge in [-0.1, -0.05) is 6.07 Å². The van der Waals surface area contributed by atoms with Gasteiger partial charge < -0.3 is 14.8 Å². The molecule has 1 aliphatic heterocycles. The number of fused-ring (bicyclic) bond motifs is 1. The van der Waals surface area contributed by atoms with Crippen molar-refractivity contribution < 1.29 is 17.6 Å². The molecular formula is C23H23FN6O3S2. The number of carbonyl (C=O) groups excluding carboxylic acids is 1. The van der Waals surface area contributed by atoms with Crippen LogP contribution in [0.1, 0.15) is 19.4 Å². The smallest absolute Gasteiger partial charge is 0.263 e. The Kier molecular flexibility index (Phi) is 6.15. The number of nitrogens with zero attached hydrogens (tertiary/aromatic N) is 4. The maximum absolute atomic E-state index is 14.0. The molecule has 4 aromatic rings. The maximum atomic E-state index is 14.0. The largest absolute Gasteiger partial charge is 0.369 e. The monoisotopic (exact) mass is 514 g/mol. The molecule has 2 aromatic heterocycles. The Morgan fingerprint density at radius 1 is 1.20 bits per heavy atom. The van der Waals surface area contributed by atoms with Gasteiger partial charge in [-0.15, -0.1) is 0 Å². The first-order valence-corrected chi connectivity index (χ1v) is 13.3. The van der Waals surface area contributed by atoms with Gasteiger partial charge in [-0.2, -0.15) is 4.37 Å². The lowest BCUT2D eigenvalue weighted by molar-refractivity contribution is -0.124. The Morgan fingerprint density at radius 2 is 2.00 bits per heavy atom. The van der Waals surface area contributed by atoms with Gasteiger partial charge in [-0.3, -0.25) is 9.52 Å². The van der Waals surface area contributed by atoms with E-state index in [1.807, 2.05) is 0 Å². The molecule has 1 amide bonds. The molecule has 1 unspecified atom stereocenters. The summed E-state index contributed by atoms with van der Waals surface area (Å²) in [6.45, 7) is 3.13. The van der Waals surface area contributed by atoms with Gasteiger partial charge in [0.05, 0.1) is 10.4 Å². The first kappa shape index (κ1) is 23.2. The second-order valence-corrected chi connectivity index (χ2v) is 10.8. The van der Waals surface area contributed by atoms with Crippen LogP contribution < -0.4 is 14.9 Å². The van der Waals surface area contributed by atoms with Gasteiger partial charge in [-0.05, 0) is 55.8 Å². The summed E-state index contributed by atoms with van der Waals surface area (Å²) in [6, 6.07) is 12.6. The van der Waals surface area contributed by atoms with Crippen LogP contribution >= 0.6 is 11.5 Å². The van der Waals surface area contributed by atoms with E-state index in [0.29, 0.717) is 17.4 Å². The lowest BCUT2D eigenvalue weighted by atomic mass is 10.2. The summed E-state index contributed by atoms with van der Waals surface area (Å²) < 4.78 is 47.0. The highest BCUT2D eigenvalue weighted by molar-refractivity contribution is 7.93. The Balaban J connectivity index is 1.21. The molecule has 1 saturated heterocycles. The van der Waals surface area contributed by atoms with Crippen LogP contribution in [-0.2, 0) is 14.8 Å². The van der Waals surface area contributed by atoms with E-state index in [0.717, 1.165) is 30.2 Å². The molecule has 2 aromatic carbocycles.